The molecule has 0 aliphatic carbocycles. The van der Waals surface area contributed by atoms with Crippen LogP contribution in [-0.4, -0.2) is 26.7 Å². The molecule has 0 aromatic heterocycles. The van der Waals surface area contributed by atoms with E-state index in [1.165, 1.54) is 12.1 Å². The number of hydrogen-bond donors (Lipinski definition) is 0. The fraction of sp³-hybridized carbons (Fsp3) is 0.200. The molecule has 1 aliphatic rings. The van der Waals surface area contributed by atoms with Crippen LogP contribution in [0, 0.1) is 10.1 Å². The number of nitrogens with zero attached hydrogens (tertiary/aromatic N) is 2. The SMILES string of the molecule is O=C1CSC(=O)N1Cc1ccc([N+](=O)[O-])cc1. The van der Waals surface area contributed by atoms with Gasteiger partial charge in [-0.05, 0) is 5.56 Å². The molecule has 1 aliphatic heterocycles. The minimum absolute atomic E-state index is 0.0119. The molecule has 2 amide bonds. The summed E-state index contributed by atoms with van der Waals surface area (Å²) in [5.41, 5.74) is 0.682. The Morgan fingerprint density at radius 2 is 1.94 bits per heavy atom. The first-order chi connectivity index (χ1) is 8.08. The molecule has 1 heterocycles. The summed E-state index contributed by atoms with van der Waals surface area (Å²) in [6.45, 7) is 0.169. The average molecular weight is 252 g/mol. The third-order valence-corrected chi connectivity index (χ3v) is 3.19. The van der Waals surface area contributed by atoms with Crippen molar-refractivity contribution in [2.45, 2.75) is 6.54 Å². The summed E-state index contributed by atoms with van der Waals surface area (Å²) in [5.74, 6) is -0.0513. The van der Waals surface area contributed by atoms with E-state index in [2.05, 4.69) is 0 Å². The molecule has 6 nitrogen and oxygen atoms in total. The van der Waals surface area contributed by atoms with Crippen LogP contribution in [0.3, 0.4) is 0 Å². The van der Waals surface area contributed by atoms with Gasteiger partial charge >= 0.3 is 0 Å². The summed E-state index contributed by atoms with van der Waals surface area (Å²) in [6.07, 6.45) is 0. The Labute approximate surface area is 101 Å². The van der Waals surface area contributed by atoms with Crippen LogP contribution in [0.1, 0.15) is 5.56 Å². The van der Waals surface area contributed by atoms with Crippen molar-refractivity contribution in [1.82, 2.24) is 4.90 Å². The number of nitro groups is 1. The van der Waals surface area contributed by atoms with E-state index in [1.807, 2.05) is 0 Å². The molecule has 0 spiro atoms. The number of rotatable bonds is 3. The lowest BCUT2D eigenvalue weighted by Crippen LogP contribution is -2.27. The second-order valence-electron chi connectivity index (χ2n) is 3.46. The maximum Gasteiger partial charge on any atom is 0.289 e. The molecular weight excluding hydrogens is 244 g/mol. The van der Waals surface area contributed by atoms with Crippen LogP contribution in [0.15, 0.2) is 24.3 Å². The van der Waals surface area contributed by atoms with E-state index >= 15 is 0 Å². The van der Waals surface area contributed by atoms with Crippen molar-refractivity contribution < 1.29 is 14.5 Å². The first-order valence-corrected chi connectivity index (χ1v) is 5.77. The van der Waals surface area contributed by atoms with E-state index in [0.29, 0.717) is 5.56 Å². The number of benzene rings is 1. The van der Waals surface area contributed by atoms with Gasteiger partial charge in [0.1, 0.15) is 0 Å². The molecule has 88 valence electrons. The lowest BCUT2D eigenvalue weighted by atomic mass is 10.2. The van der Waals surface area contributed by atoms with Crippen molar-refractivity contribution in [3.8, 4) is 0 Å². The van der Waals surface area contributed by atoms with Gasteiger partial charge in [0.2, 0.25) is 5.91 Å². The van der Waals surface area contributed by atoms with Crippen LogP contribution in [0.2, 0.25) is 0 Å². The Bertz CT molecular complexity index is 470. The van der Waals surface area contributed by atoms with E-state index in [0.717, 1.165) is 16.7 Å². The Hall–Kier alpha value is -1.89. The minimum Gasteiger partial charge on any atom is -0.273 e. The Morgan fingerprint density at radius 3 is 2.41 bits per heavy atom. The maximum atomic E-state index is 11.3. The van der Waals surface area contributed by atoms with Crippen LogP contribution in [0.25, 0.3) is 0 Å². The fourth-order valence-corrected chi connectivity index (χ4v) is 2.16. The molecule has 0 radical (unpaired) electrons. The second kappa shape index (κ2) is 4.54. The summed E-state index contributed by atoms with van der Waals surface area (Å²) in [7, 11) is 0. The summed E-state index contributed by atoms with van der Waals surface area (Å²) in [4.78, 5) is 33.8. The predicted octanol–water partition coefficient (Wildman–Crippen LogP) is 1.79. The molecule has 1 aromatic rings. The zero-order chi connectivity index (χ0) is 12.4. The summed E-state index contributed by atoms with van der Waals surface area (Å²) >= 11 is 0.970. The van der Waals surface area contributed by atoms with Gasteiger partial charge in [0.15, 0.2) is 0 Å². The van der Waals surface area contributed by atoms with E-state index in [1.54, 1.807) is 12.1 Å². The summed E-state index contributed by atoms with van der Waals surface area (Å²) in [6, 6.07) is 5.80. The van der Waals surface area contributed by atoms with Gasteiger partial charge in [0.25, 0.3) is 10.9 Å². The third kappa shape index (κ3) is 2.44. The molecule has 0 atom stereocenters. The Kier molecular flexibility index (Phi) is 3.10. The largest absolute Gasteiger partial charge is 0.289 e. The van der Waals surface area contributed by atoms with Crippen LogP contribution in [0.4, 0.5) is 10.5 Å². The highest BCUT2D eigenvalue weighted by atomic mass is 32.2. The molecule has 17 heavy (non-hydrogen) atoms. The molecule has 0 unspecified atom stereocenters. The van der Waals surface area contributed by atoms with Crippen molar-refractivity contribution in [3.63, 3.8) is 0 Å². The van der Waals surface area contributed by atoms with Gasteiger partial charge in [-0.2, -0.15) is 0 Å². The number of hydrogen-bond acceptors (Lipinski definition) is 5. The average Bonchev–Trinajstić information content (AvgIpc) is 2.61. The van der Waals surface area contributed by atoms with Crippen molar-refractivity contribution in [2.24, 2.45) is 0 Å². The number of thioether (sulfide) groups is 1. The van der Waals surface area contributed by atoms with Gasteiger partial charge in [-0.15, -0.1) is 0 Å². The molecule has 1 saturated heterocycles. The number of nitro benzene ring substituents is 1. The molecule has 7 heteroatoms. The van der Waals surface area contributed by atoms with Crippen molar-refractivity contribution >= 4 is 28.6 Å². The number of carbonyl (C=O) groups excluding carboxylic acids is 2. The van der Waals surface area contributed by atoms with Crippen molar-refractivity contribution in [3.05, 3.63) is 39.9 Å². The van der Waals surface area contributed by atoms with Gasteiger partial charge < -0.3 is 0 Å². The van der Waals surface area contributed by atoms with Gasteiger partial charge in [0, 0.05) is 12.1 Å². The third-order valence-electron chi connectivity index (χ3n) is 2.33. The first-order valence-electron chi connectivity index (χ1n) is 4.78. The number of imide groups is 1. The molecule has 0 bridgehead atoms. The molecule has 2 rings (SSSR count). The highest BCUT2D eigenvalue weighted by molar-refractivity contribution is 8.14. The predicted molar refractivity (Wildman–Crippen MR) is 61.5 cm³/mol. The van der Waals surface area contributed by atoms with E-state index in [9.17, 15) is 19.7 Å². The number of amides is 2. The Morgan fingerprint density at radius 1 is 1.29 bits per heavy atom. The molecule has 1 aromatic carbocycles. The van der Waals surface area contributed by atoms with E-state index < -0.39 is 4.92 Å². The van der Waals surface area contributed by atoms with Gasteiger partial charge in [-0.1, -0.05) is 23.9 Å². The lowest BCUT2D eigenvalue weighted by molar-refractivity contribution is -0.384. The standard InChI is InChI=1S/C10H8N2O4S/c13-9-6-17-10(14)11(9)5-7-1-3-8(4-2-7)12(15)16/h1-4H,5-6H2. The summed E-state index contributed by atoms with van der Waals surface area (Å²) in [5, 5.41) is 10.2. The molecule has 0 saturated carbocycles. The monoisotopic (exact) mass is 252 g/mol. The molecule has 0 N–H and O–H groups in total. The minimum atomic E-state index is -0.494. The van der Waals surface area contributed by atoms with Crippen LogP contribution < -0.4 is 0 Å². The van der Waals surface area contributed by atoms with E-state index in [-0.39, 0.29) is 29.1 Å². The number of non-ortho nitro benzene ring substituents is 1. The van der Waals surface area contributed by atoms with Gasteiger partial charge in [-0.25, -0.2) is 0 Å². The maximum absolute atomic E-state index is 11.3. The zero-order valence-electron chi connectivity index (χ0n) is 8.66. The second-order valence-corrected chi connectivity index (χ2v) is 4.38. The fourth-order valence-electron chi connectivity index (χ4n) is 1.44. The topological polar surface area (TPSA) is 80.5 Å². The highest BCUT2D eigenvalue weighted by Crippen LogP contribution is 2.22. The molecule has 1 fully saturated rings. The normalized spacial score (nSPS) is 15.4. The van der Waals surface area contributed by atoms with Crippen LogP contribution in [-0.2, 0) is 11.3 Å². The lowest BCUT2D eigenvalue weighted by Gasteiger charge is -2.12. The number of carbonyl (C=O) groups is 2. The van der Waals surface area contributed by atoms with Gasteiger partial charge in [0.05, 0.1) is 17.2 Å². The first kappa shape index (κ1) is 11.6. The van der Waals surface area contributed by atoms with Crippen LogP contribution >= 0.6 is 11.8 Å². The zero-order valence-corrected chi connectivity index (χ0v) is 9.48. The van der Waals surface area contributed by atoms with Crippen molar-refractivity contribution in [2.75, 3.05) is 5.75 Å². The highest BCUT2D eigenvalue weighted by Gasteiger charge is 2.29. The quantitative estimate of drug-likeness (QED) is 0.605. The molecular formula is C10H8N2O4S. The van der Waals surface area contributed by atoms with E-state index in [4.69, 9.17) is 0 Å². The summed E-state index contributed by atoms with van der Waals surface area (Å²) < 4.78 is 0. The Balaban J connectivity index is 2.11. The van der Waals surface area contributed by atoms with Crippen LogP contribution in [0.5, 0.6) is 0 Å². The smallest absolute Gasteiger partial charge is 0.273 e. The van der Waals surface area contributed by atoms with Crippen molar-refractivity contribution in [1.29, 1.82) is 0 Å². The van der Waals surface area contributed by atoms with Gasteiger partial charge in [-0.3, -0.25) is 24.6 Å².